The maximum absolute atomic E-state index is 12.1. The van der Waals surface area contributed by atoms with Gasteiger partial charge in [-0.05, 0) is 47.5 Å². The molecule has 0 aromatic heterocycles. The number of nitrogens with zero attached hydrogens (tertiary/aromatic N) is 1. The van der Waals surface area contributed by atoms with Crippen LogP contribution in [0.4, 0.5) is 18.9 Å². The molecule has 0 aliphatic carbocycles. The summed E-state index contributed by atoms with van der Waals surface area (Å²) in [6.45, 7) is 0.291. The molecule has 144 valence electrons. The predicted molar refractivity (Wildman–Crippen MR) is 102 cm³/mol. The third-order valence-corrected chi connectivity index (χ3v) is 3.62. The lowest BCUT2D eigenvalue weighted by molar-refractivity contribution is -0.274. The van der Waals surface area contributed by atoms with E-state index in [4.69, 9.17) is 4.74 Å². The number of benzene rings is 3. The number of nitrogens with one attached hydrogen (secondary N) is 1. The maximum Gasteiger partial charge on any atom is 0.573 e. The Morgan fingerprint density at radius 2 is 1.46 bits per heavy atom. The number of hydrogen-bond acceptors (Lipinski definition) is 4. The van der Waals surface area contributed by atoms with Gasteiger partial charge in [0.25, 0.3) is 0 Å². The Bertz CT molecular complexity index is 894. The summed E-state index contributed by atoms with van der Waals surface area (Å²) in [4.78, 5) is 0. The smallest absolute Gasteiger partial charge is 0.489 e. The number of para-hydroxylation sites is 1. The Kier molecular flexibility index (Phi) is 6.16. The summed E-state index contributed by atoms with van der Waals surface area (Å²) in [6.07, 6.45) is -3.00. The van der Waals surface area contributed by atoms with Gasteiger partial charge in [0, 0.05) is 0 Å². The zero-order valence-corrected chi connectivity index (χ0v) is 14.7. The van der Waals surface area contributed by atoms with Crippen LogP contribution >= 0.6 is 0 Å². The molecule has 0 saturated carbocycles. The third kappa shape index (κ3) is 6.35. The Hall–Kier alpha value is -3.48. The van der Waals surface area contributed by atoms with Crippen molar-refractivity contribution in [3.63, 3.8) is 0 Å². The molecule has 3 aromatic carbocycles. The van der Waals surface area contributed by atoms with Crippen molar-refractivity contribution in [3.05, 3.63) is 90.0 Å². The molecule has 0 radical (unpaired) electrons. The fourth-order valence-electron chi connectivity index (χ4n) is 2.30. The number of anilines is 1. The summed E-state index contributed by atoms with van der Waals surface area (Å²) < 4.78 is 45.8. The van der Waals surface area contributed by atoms with Gasteiger partial charge in [0.05, 0.1) is 11.9 Å². The minimum absolute atomic E-state index is 0.285. The van der Waals surface area contributed by atoms with Crippen LogP contribution in [0.15, 0.2) is 84.0 Å². The van der Waals surface area contributed by atoms with Crippen LogP contribution in [0.2, 0.25) is 0 Å². The molecule has 0 fully saturated rings. The van der Waals surface area contributed by atoms with E-state index < -0.39 is 6.36 Å². The van der Waals surface area contributed by atoms with Gasteiger partial charge in [-0.3, -0.25) is 5.43 Å². The Morgan fingerprint density at radius 1 is 0.821 bits per heavy atom. The zero-order valence-electron chi connectivity index (χ0n) is 14.7. The lowest BCUT2D eigenvalue weighted by Gasteiger charge is -2.10. The normalized spacial score (nSPS) is 11.4. The summed E-state index contributed by atoms with van der Waals surface area (Å²) >= 11 is 0. The van der Waals surface area contributed by atoms with Crippen molar-refractivity contribution in [1.82, 2.24) is 0 Å². The summed E-state index contributed by atoms with van der Waals surface area (Å²) in [6, 6.07) is 22.5. The molecular formula is C21H17F3N2O2. The highest BCUT2D eigenvalue weighted by atomic mass is 19.4. The molecule has 0 atom stereocenters. The number of alkyl halides is 3. The Morgan fingerprint density at radius 3 is 2.11 bits per heavy atom. The molecule has 0 aliphatic rings. The first-order valence-corrected chi connectivity index (χ1v) is 8.40. The second kappa shape index (κ2) is 8.94. The molecule has 1 N–H and O–H groups in total. The Balaban J connectivity index is 1.49. The predicted octanol–water partition coefficient (Wildman–Crippen LogP) is 5.61. The fourth-order valence-corrected chi connectivity index (χ4v) is 2.30. The van der Waals surface area contributed by atoms with Gasteiger partial charge in [-0.15, -0.1) is 13.2 Å². The molecule has 0 heterocycles. The van der Waals surface area contributed by atoms with Gasteiger partial charge in [-0.25, -0.2) is 0 Å². The molecular weight excluding hydrogens is 369 g/mol. The van der Waals surface area contributed by atoms with E-state index in [2.05, 4.69) is 15.3 Å². The standard InChI is InChI=1S/C21H17F3N2O2/c22-21(23,24)28-20-12-10-19(11-13-20)27-15-17-8-6-16(7-9-17)14-25-26-18-4-2-1-3-5-18/h1-14,26H,15H2. The van der Waals surface area contributed by atoms with E-state index in [0.717, 1.165) is 16.8 Å². The maximum atomic E-state index is 12.1. The molecule has 28 heavy (non-hydrogen) atoms. The van der Waals surface area contributed by atoms with E-state index in [0.29, 0.717) is 12.4 Å². The van der Waals surface area contributed by atoms with E-state index in [1.807, 2.05) is 54.6 Å². The minimum Gasteiger partial charge on any atom is -0.489 e. The van der Waals surface area contributed by atoms with E-state index in [1.165, 1.54) is 24.3 Å². The van der Waals surface area contributed by atoms with Gasteiger partial charge in [-0.1, -0.05) is 42.5 Å². The fraction of sp³-hybridized carbons (Fsp3) is 0.0952. The largest absolute Gasteiger partial charge is 0.573 e. The number of rotatable bonds is 7. The first kappa shape index (κ1) is 19.3. The van der Waals surface area contributed by atoms with Gasteiger partial charge >= 0.3 is 6.36 Å². The number of hydrazone groups is 1. The third-order valence-electron chi connectivity index (χ3n) is 3.62. The van der Waals surface area contributed by atoms with E-state index in [-0.39, 0.29) is 5.75 Å². The van der Waals surface area contributed by atoms with Crippen LogP contribution in [0, 0.1) is 0 Å². The van der Waals surface area contributed by atoms with Crippen molar-refractivity contribution in [2.75, 3.05) is 5.43 Å². The number of ether oxygens (including phenoxy) is 2. The molecule has 3 rings (SSSR count). The van der Waals surface area contributed by atoms with Crippen molar-refractivity contribution >= 4 is 11.9 Å². The summed E-state index contributed by atoms with van der Waals surface area (Å²) in [7, 11) is 0. The highest BCUT2D eigenvalue weighted by molar-refractivity contribution is 5.80. The van der Waals surface area contributed by atoms with Crippen LogP contribution in [-0.2, 0) is 6.61 Å². The second-order valence-corrected chi connectivity index (χ2v) is 5.79. The van der Waals surface area contributed by atoms with Crippen molar-refractivity contribution in [2.45, 2.75) is 13.0 Å². The molecule has 0 spiro atoms. The summed E-state index contributed by atoms with van der Waals surface area (Å²) in [5, 5.41) is 4.17. The number of hydrogen-bond donors (Lipinski definition) is 1. The lowest BCUT2D eigenvalue weighted by atomic mass is 10.1. The molecule has 0 saturated heterocycles. The summed E-state index contributed by atoms with van der Waals surface area (Å²) in [5.41, 5.74) is 5.67. The zero-order chi connectivity index (χ0) is 19.8. The van der Waals surface area contributed by atoms with Gasteiger partial charge in [0.2, 0.25) is 0 Å². The van der Waals surface area contributed by atoms with E-state index >= 15 is 0 Å². The summed E-state index contributed by atoms with van der Waals surface area (Å²) in [5.74, 6) is 0.167. The SMILES string of the molecule is FC(F)(F)Oc1ccc(OCc2ccc(C=NNc3ccccc3)cc2)cc1. The van der Waals surface area contributed by atoms with Gasteiger partial charge in [0.1, 0.15) is 18.1 Å². The van der Waals surface area contributed by atoms with Crippen LogP contribution < -0.4 is 14.9 Å². The van der Waals surface area contributed by atoms with Crippen molar-refractivity contribution < 1.29 is 22.6 Å². The molecule has 0 aliphatic heterocycles. The topological polar surface area (TPSA) is 42.9 Å². The van der Waals surface area contributed by atoms with E-state index in [9.17, 15) is 13.2 Å². The quantitative estimate of drug-likeness (QED) is 0.424. The number of halogens is 3. The first-order valence-electron chi connectivity index (χ1n) is 8.40. The monoisotopic (exact) mass is 386 g/mol. The molecule has 4 nitrogen and oxygen atoms in total. The van der Waals surface area contributed by atoms with Crippen LogP contribution in [-0.4, -0.2) is 12.6 Å². The van der Waals surface area contributed by atoms with E-state index in [1.54, 1.807) is 6.21 Å². The van der Waals surface area contributed by atoms with Crippen molar-refractivity contribution in [3.8, 4) is 11.5 Å². The molecule has 0 amide bonds. The Labute approximate surface area is 160 Å². The van der Waals surface area contributed by atoms with Crippen LogP contribution in [0.25, 0.3) is 0 Å². The molecule has 7 heteroatoms. The highest BCUT2D eigenvalue weighted by Crippen LogP contribution is 2.25. The van der Waals surface area contributed by atoms with Crippen molar-refractivity contribution in [1.29, 1.82) is 0 Å². The minimum atomic E-state index is -4.70. The van der Waals surface area contributed by atoms with Crippen LogP contribution in [0.3, 0.4) is 0 Å². The van der Waals surface area contributed by atoms with Gasteiger partial charge < -0.3 is 9.47 Å². The average Bonchev–Trinajstić information content (AvgIpc) is 2.68. The average molecular weight is 386 g/mol. The molecule has 0 unspecified atom stereocenters. The second-order valence-electron chi connectivity index (χ2n) is 5.79. The van der Waals surface area contributed by atoms with Crippen LogP contribution in [0.1, 0.15) is 11.1 Å². The van der Waals surface area contributed by atoms with Gasteiger partial charge in [0.15, 0.2) is 0 Å². The van der Waals surface area contributed by atoms with Crippen LogP contribution in [0.5, 0.6) is 11.5 Å². The molecule has 0 bridgehead atoms. The highest BCUT2D eigenvalue weighted by Gasteiger charge is 2.30. The van der Waals surface area contributed by atoms with Crippen molar-refractivity contribution in [2.24, 2.45) is 5.10 Å². The van der Waals surface area contributed by atoms with Gasteiger partial charge in [-0.2, -0.15) is 5.10 Å². The lowest BCUT2D eigenvalue weighted by Crippen LogP contribution is -2.16. The first-order chi connectivity index (χ1) is 13.5. The molecule has 3 aromatic rings.